The van der Waals surface area contributed by atoms with Gasteiger partial charge in [-0.2, -0.15) is 18.4 Å². The van der Waals surface area contributed by atoms with Crippen LogP contribution in [0.5, 0.6) is 0 Å². The fourth-order valence-electron chi connectivity index (χ4n) is 4.11. The van der Waals surface area contributed by atoms with E-state index in [4.69, 9.17) is 9.73 Å². The highest BCUT2D eigenvalue weighted by Crippen LogP contribution is 2.41. The number of esters is 1. The number of amidine groups is 1. The van der Waals surface area contributed by atoms with E-state index in [1.165, 1.54) is 23.1 Å². The zero-order valence-electron chi connectivity index (χ0n) is 21.2. The number of carbonyl (C=O) groups is 1. The molecule has 0 saturated carbocycles. The van der Waals surface area contributed by atoms with E-state index in [0.717, 1.165) is 23.9 Å². The average molecular weight is 570 g/mol. The predicted octanol–water partition coefficient (Wildman–Crippen LogP) is 4.64. The van der Waals surface area contributed by atoms with Crippen LogP contribution < -0.4 is 16.1 Å². The summed E-state index contributed by atoms with van der Waals surface area (Å²) in [5, 5.41) is 9.40. The lowest BCUT2D eigenvalue weighted by molar-refractivity contribution is -0.139. The molecule has 9 nitrogen and oxygen atoms in total. The maximum absolute atomic E-state index is 13.6. The molecule has 1 unspecified atom stereocenters. The molecule has 0 bridgehead atoms. The van der Waals surface area contributed by atoms with Gasteiger partial charge in [0.1, 0.15) is 6.04 Å². The average Bonchev–Trinajstić information content (AvgIpc) is 2.90. The number of carbonyl (C=O) groups excluding carboxylic acids is 1. The van der Waals surface area contributed by atoms with Gasteiger partial charge in [0, 0.05) is 28.9 Å². The maximum atomic E-state index is 13.6. The molecule has 2 N–H and O–H groups in total. The molecule has 0 spiro atoms. The summed E-state index contributed by atoms with van der Waals surface area (Å²) in [6, 6.07) is 13.3. The van der Waals surface area contributed by atoms with Crippen molar-refractivity contribution in [2.24, 2.45) is 4.99 Å². The van der Waals surface area contributed by atoms with Gasteiger partial charge < -0.3 is 9.72 Å². The molecule has 4 rings (SSSR count). The Kier molecular flexibility index (Phi) is 8.29. The highest BCUT2D eigenvalue weighted by molar-refractivity contribution is 8.13. The first-order valence-corrected chi connectivity index (χ1v) is 12.9. The Morgan fingerprint density at radius 1 is 1.15 bits per heavy atom. The zero-order valence-corrected chi connectivity index (χ0v) is 22.0. The molecule has 2 heterocycles. The number of nitriles is 1. The molecule has 206 valence electrons. The van der Waals surface area contributed by atoms with Gasteiger partial charge in [0.05, 0.1) is 29.4 Å². The molecule has 13 heteroatoms. The first-order chi connectivity index (χ1) is 19.0. The topological polar surface area (TPSA) is 131 Å². The van der Waals surface area contributed by atoms with Crippen LogP contribution in [0.4, 0.5) is 18.9 Å². The summed E-state index contributed by atoms with van der Waals surface area (Å²) in [5.41, 5.74) is -0.533. The molecular weight excluding hydrogens is 547 g/mol. The quantitative estimate of drug-likeness (QED) is 0.414. The summed E-state index contributed by atoms with van der Waals surface area (Å²) in [5.74, 6) is -0.659. The molecule has 0 fully saturated rings. The number of halogens is 3. The maximum Gasteiger partial charge on any atom is 0.416 e. The number of anilines is 1. The zero-order chi connectivity index (χ0) is 29.0. The van der Waals surface area contributed by atoms with Gasteiger partial charge in [-0.05, 0) is 49.7 Å². The molecule has 0 aliphatic carbocycles. The summed E-state index contributed by atoms with van der Waals surface area (Å²) >= 11 is 1.05. The molecule has 1 aliphatic rings. The normalized spacial score (nSPS) is 15.4. The molecule has 2 aromatic carbocycles. The van der Waals surface area contributed by atoms with Gasteiger partial charge in [-0.15, -0.1) is 0 Å². The Morgan fingerprint density at radius 3 is 2.50 bits per heavy atom. The van der Waals surface area contributed by atoms with E-state index in [1.54, 1.807) is 38.1 Å². The lowest BCUT2D eigenvalue weighted by Crippen LogP contribution is -2.35. The fourth-order valence-corrected chi connectivity index (χ4v) is 5.10. The minimum atomic E-state index is -4.62. The van der Waals surface area contributed by atoms with Crippen molar-refractivity contribution in [3.63, 3.8) is 0 Å². The van der Waals surface area contributed by atoms with E-state index in [2.05, 4.69) is 9.97 Å². The minimum Gasteiger partial charge on any atom is -0.463 e. The van der Waals surface area contributed by atoms with Gasteiger partial charge in [-0.25, -0.2) is 14.6 Å². The van der Waals surface area contributed by atoms with E-state index in [-0.39, 0.29) is 40.2 Å². The highest BCUT2D eigenvalue weighted by Gasteiger charge is 2.36. The molecular formula is C27H22F3N5O4S. The number of benzene rings is 2. The summed E-state index contributed by atoms with van der Waals surface area (Å²) in [6.45, 7) is 3.26. The minimum absolute atomic E-state index is 0.0373. The second-order valence-corrected chi connectivity index (χ2v) is 9.50. The van der Waals surface area contributed by atoms with E-state index >= 15 is 0 Å². The number of aromatic amines is 2. The van der Waals surface area contributed by atoms with Crippen LogP contribution in [-0.4, -0.2) is 27.7 Å². The summed E-state index contributed by atoms with van der Waals surface area (Å²) in [7, 11) is 0. The van der Waals surface area contributed by atoms with E-state index in [9.17, 15) is 32.8 Å². The van der Waals surface area contributed by atoms with Gasteiger partial charge in [-0.1, -0.05) is 30.0 Å². The Hall–Kier alpha value is -4.57. The number of hydrogen-bond acceptors (Lipinski definition) is 8. The van der Waals surface area contributed by atoms with Crippen molar-refractivity contribution in [3.05, 3.63) is 109 Å². The second kappa shape index (κ2) is 11.7. The van der Waals surface area contributed by atoms with Gasteiger partial charge in [0.15, 0.2) is 5.17 Å². The van der Waals surface area contributed by atoms with Crippen LogP contribution in [0.3, 0.4) is 0 Å². The van der Waals surface area contributed by atoms with Crippen molar-refractivity contribution in [3.8, 4) is 6.07 Å². The van der Waals surface area contributed by atoms with Crippen LogP contribution in [0, 0.1) is 11.3 Å². The molecule has 1 aliphatic heterocycles. The van der Waals surface area contributed by atoms with Crippen molar-refractivity contribution in [1.29, 1.82) is 5.26 Å². The number of nitrogens with one attached hydrogen (secondary N) is 2. The number of allylic oxidation sites excluding steroid dienone is 1. The Balaban J connectivity index is 1.88. The van der Waals surface area contributed by atoms with Gasteiger partial charge in [-0.3, -0.25) is 14.7 Å². The predicted molar refractivity (Wildman–Crippen MR) is 144 cm³/mol. The number of thioether (sulfide) groups is 1. The van der Waals surface area contributed by atoms with Crippen molar-refractivity contribution in [2.45, 2.75) is 31.8 Å². The molecule has 1 atom stereocenters. The van der Waals surface area contributed by atoms with Gasteiger partial charge in [0.2, 0.25) is 0 Å². The lowest BCUT2D eigenvalue weighted by atomic mass is 9.95. The first kappa shape index (κ1) is 28.4. The Labute approximate surface area is 230 Å². The fraction of sp³-hybridized carbons (Fsp3) is 0.222. The van der Waals surface area contributed by atoms with Crippen molar-refractivity contribution in [2.75, 3.05) is 11.5 Å². The second-order valence-electron chi connectivity index (χ2n) is 8.55. The largest absolute Gasteiger partial charge is 0.463 e. The van der Waals surface area contributed by atoms with Crippen LogP contribution in [-0.2, 0) is 21.5 Å². The third-order valence-electron chi connectivity index (χ3n) is 5.88. The Morgan fingerprint density at radius 2 is 1.88 bits per heavy atom. The number of hydrogen-bond donors (Lipinski definition) is 2. The van der Waals surface area contributed by atoms with Gasteiger partial charge >= 0.3 is 17.8 Å². The summed E-state index contributed by atoms with van der Waals surface area (Å²) in [6.07, 6.45) is -4.62. The number of ether oxygens (including phenoxy) is 1. The van der Waals surface area contributed by atoms with Crippen LogP contribution in [0.2, 0.25) is 0 Å². The van der Waals surface area contributed by atoms with Crippen molar-refractivity contribution in [1.82, 2.24) is 9.97 Å². The summed E-state index contributed by atoms with van der Waals surface area (Å²) < 4.78 is 46.1. The lowest BCUT2D eigenvalue weighted by Gasteiger charge is -2.35. The van der Waals surface area contributed by atoms with Crippen LogP contribution in [0.15, 0.2) is 80.4 Å². The third kappa shape index (κ3) is 6.18. The number of aliphatic imine (C=N–C) groups is 1. The standard InChI is InChI=1S/C27H22F3N5O4S/c1-3-39-24(37)22-15(2)35(20-6-4-5-18(11-20)27(28,29)30)26(40-14-19-12-21(36)33-25(38)32-19)34-23(22)17-9-7-16(13-31)8-10-17/h4-12,23H,3,14H2,1-2H3,(H2,32,33,36,38). The molecule has 40 heavy (non-hydrogen) atoms. The summed E-state index contributed by atoms with van der Waals surface area (Å²) in [4.78, 5) is 47.5. The van der Waals surface area contributed by atoms with Crippen LogP contribution in [0.25, 0.3) is 0 Å². The number of alkyl halides is 3. The van der Waals surface area contributed by atoms with E-state index < -0.39 is 35.0 Å². The number of nitrogens with zero attached hydrogens (tertiary/aromatic N) is 3. The monoisotopic (exact) mass is 569 g/mol. The number of rotatable bonds is 6. The van der Waals surface area contributed by atoms with E-state index in [1.807, 2.05) is 6.07 Å². The number of aromatic nitrogens is 2. The van der Waals surface area contributed by atoms with Crippen molar-refractivity contribution >= 4 is 28.6 Å². The third-order valence-corrected chi connectivity index (χ3v) is 6.89. The van der Waals surface area contributed by atoms with Gasteiger partial charge in [0.25, 0.3) is 5.56 Å². The highest BCUT2D eigenvalue weighted by atomic mass is 32.2. The molecule has 1 aromatic heterocycles. The SMILES string of the molecule is CCOC(=O)C1=C(C)N(c2cccc(C(F)(F)F)c2)C(SCc2cc(=O)[nH]c(=O)[nH]2)=NC1c1ccc(C#N)cc1. The first-order valence-electron chi connectivity index (χ1n) is 11.9. The van der Waals surface area contributed by atoms with Crippen LogP contribution >= 0.6 is 11.8 Å². The Bertz CT molecular complexity index is 1620. The van der Waals surface area contributed by atoms with E-state index in [0.29, 0.717) is 11.1 Å². The number of H-pyrrole nitrogens is 2. The smallest absolute Gasteiger partial charge is 0.416 e. The van der Waals surface area contributed by atoms with Crippen molar-refractivity contribution < 1.29 is 22.7 Å². The molecule has 0 amide bonds. The van der Waals surface area contributed by atoms with Crippen LogP contribution in [0.1, 0.15) is 42.3 Å². The molecule has 0 radical (unpaired) electrons. The molecule has 0 saturated heterocycles. The molecule has 3 aromatic rings.